The summed E-state index contributed by atoms with van der Waals surface area (Å²) in [6.07, 6.45) is 5.95. The number of hydrogen-bond donors (Lipinski definition) is 4. The van der Waals surface area contributed by atoms with Gasteiger partial charge in [0.2, 0.25) is 16.0 Å². The molecule has 0 aliphatic heterocycles. The molecule has 0 amide bonds. The van der Waals surface area contributed by atoms with Crippen LogP contribution in [0.15, 0.2) is 35.5 Å². The van der Waals surface area contributed by atoms with E-state index in [1.54, 1.807) is 6.07 Å². The molecular formula is C16H20ClN5O3S. The topological polar surface area (TPSA) is 132 Å². The smallest absolute Gasteiger partial charge is 0.241 e. The normalized spacial score (nSPS) is 16.7. The Hall–Kier alpha value is -1.94. The number of benzene rings is 1. The molecule has 26 heavy (non-hydrogen) atoms. The molecule has 1 aliphatic carbocycles. The van der Waals surface area contributed by atoms with Gasteiger partial charge in [-0.05, 0) is 25.0 Å². The van der Waals surface area contributed by atoms with Gasteiger partial charge in [0, 0.05) is 28.7 Å². The van der Waals surface area contributed by atoms with E-state index in [0.717, 1.165) is 17.3 Å². The van der Waals surface area contributed by atoms with Crippen LogP contribution in [-0.2, 0) is 10.0 Å². The molecule has 0 atom stereocenters. The zero-order valence-electron chi connectivity index (χ0n) is 13.9. The molecule has 1 fully saturated rings. The third kappa shape index (κ3) is 3.48. The SMILES string of the molecule is N=C(N)N(Cl)c1cncc2cc(S(=O)(=O)NC3(CO)CCCC3)ccc12. The highest BCUT2D eigenvalue weighted by Crippen LogP contribution is 2.32. The molecule has 5 N–H and O–H groups in total. The number of nitrogens with zero attached hydrogens (tertiary/aromatic N) is 2. The molecular weight excluding hydrogens is 378 g/mol. The van der Waals surface area contributed by atoms with Gasteiger partial charge in [-0.25, -0.2) is 17.6 Å². The van der Waals surface area contributed by atoms with Gasteiger partial charge in [0.1, 0.15) is 0 Å². The number of halogens is 1. The highest BCUT2D eigenvalue weighted by atomic mass is 35.5. The quantitative estimate of drug-likeness (QED) is 0.344. The van der Waals surface area contributed by atoms with Crippen molar-refractivity contribution in [3.05, 3.63) is 30.6 Å². The van der Waals surface area contributed by atoms with Gasteiger partial charge in [-0.15, -0.1) is 0 Å². The highest BCUT2D eigenvalue weighted by Gasteiger charge is 2.37. The van der Waals surface area contributed by atoms with E-state index < -0.39 is 15.6 Å². The second-order valence-electron chi connectivity index (χ2n) is 6.46. The van der Waals surface area contributed by atoms with Crippen molar-refractivity contribution in [3.8, 4) is 0 Å². The minimum atomic E-state index is -3.81. The number of sulfonamides is 1. The number of nitrogens with one attached hydrogen (secondary N) is 2. The lowest BCUT2D eigenvalue weighted by molar-refractivity contribution is 0.185. The third-order valence-electron chi connectivity index (χ3n) is 4.66. The van der Waals surface area contributed by atoms with Gasteiger partial charge in [0.25, 0.3) is 0 Å². The van der Waals surface area contributed by atoms with E-state index in [-0.39, 0.29) is 17.5 Å². The molecule has 0 saturated heterocycles. The molecule has 1 aromatic carbocycles. The average molecular weight is 398 g/mol. The molecule has 10 heteroatoms. The Bertz CT molecular complexity index is 944. The first kappa shape index (κ1) is 18.8. The molecule has 0 bridgehead atoms. The maximum atomic E-state index is 12.8. The van der Waals surface area contributed by atoms with Crippen molar-refractivity contribution in [1.82, 2.24) is 9.71 Å². The van der Waals surface area contributed by atoms with Crippen molar-refractivity contribution in [2.75, 3.05) is 11.0 Å². The molecule has 0 spiro atoms. The van der Waals surface area contributed by atoms with Gasteiger partial charge in [-0.2, -0.15) is 0 Å². The van der Waals surface area contributed by atoms with Crippen LogP contribution in [0, 0.1) is 5.41 Å². The Morgan fingerprint density at radius 2 is 2.08 bits per heavy atom. The van der Waals surface area contributed by atoms with Crippen LogP contribution >= 0.6 is 11.8 Å². The van der Waals surface area contributed by atoms with Crippen molar-refractivity contribution >= 4 is 44.2 Å². The van der Waals surface area contributed by atoms with Crippen LogP contribution in [-0.4, -0.2) is 36.6 Å². The molecule has 2 aromatic rings. The summed E-state index contributed by atoms with van der Waals surface area (Å²) < 4.78 is 29.2. The van der Waals surface area contributed by atoms with Crippen molar-refractivity contribution in [2.24, 2.45) is 5.73 Å². The second kappa shape index (κ2) is 6.99. The minimum absolute atomic E-state index is 0.0765. The average Bonchev–Trinajstić information content (AvgIpc) is 3.08. The second-order valence-corrected chi connectivity index (χ2v) is 8.48. The maximum absolute atomic E-state index is 12.8. The number of guanidine groups is 1. The summed E-state index contributed by atoms with van der Waals surface area (Å²) >= 11 is 5.99. The fourth-order valence-electron chi connectivity index (χ4n) is 3.28. The van der Waals surface area contributed by atoms with Crippen molar-refractivity contribution in [1.29, 1.82) is 5.41 Å². The maximum Gasteiger partial charge on any atom is 0.241 e. The number of fused-ring (bicyclic) bond motifs is 1. The molecule has 0 unspecified atom stereocenters. The molecule has 1 heterocycles. The van der Waals surface area contributed by atoms with Crippen LogP contribution in [0.1, 0.15) is 25.7 Å². The van der Waals surface area contributed by atoms with E-state index in [4.69, 9.17) is 22.9 Å². The first-order chi connectivity index (χ1) is 12.3. The molecule has 140 valence electrons. The molecule has 1 aromatic heterocycles. The zero-order valence-corrected chi connectivity index (χ0v) is 15.5. The van der Waals surface area contributed by atoms with E-state index >= 15 is 0 Å². The van der Waals surface area contributed by atoms with Gasteiger partial charge in [0.15, 0.2) is 0 Å². The monoisotopic (exact) mass is 397 g/mol. The van der Waals surface area contributed by atoms with Crippen molar-refractivity contribution in [3.63, 3.8) is 0 Å². The molecule has 3 rings (SSSR count). The highest BCUT2D eigenvalue weighted by molar-refractivity contribution is 7.89. The zero-order chi connectivity index (χ0) is 18.9. The van der Waals surface area contributed by atoms with Crippen LogP contribution in [0.4, 0.5) is 5.69 Å². The number of anilines is 1. The fraction of sp³-hybridized carbons (Fsp3) is 0.375. The number of aromatic nitrogens is 1. The summed E-state index contributed by atoms with van der Waals surface area (Å²) in [6, 6.07) is 4.54. The summed E-state index contributed by atoms with van der Waals surface area (Å²) in [7, 11) is -3.81. The van der Waals surface area contributed by atoms with E-state index in [2.05, 4.69) is 9.71 Å². The Labute approximate surface area is 156 Å². The van der Waals surface area contributed by atoms with E-state index in [0.29, 0.717) is 29.3 Å². The van der Waals surface area contributed by atoms with E-state index in [1.165, 1.54) is 24.5 Å². The van der Waals surface area contributed by atoms with Gasteiger partial charge >= 0.3 is 0 Å². The van der Waals surface area contributed by atoms with Gasteiger partial charge < -0.3 is 10.8 Å². The lowest BCUT2D eigenvalue weighted by Crippen LogP contribution is -2.49. The standard InChI is InChI=1S/C16H20ClN5O3S/c17-22(15(18)19)14-9-20-8-11-7-12(3-4-13(11)14)26(24,25)21-16(10-23)5-1-2-6-16/h3-4,7-9,21,23H,1-2,5-6,10H2,(H3,18,19). The summed E-state index contributed by atoms with van der Waals surface area (Å²) in [5, 5.41) is 18.3. The minimum Gasteiger partial charge on any atom is -0.394 e. The summed E-state index contributed by atoms with van der Waals surface area (Å²) in [6.45, 7) is -0.231. The van der Waals surface area contributed by atoms with E-state index in [1.807, 2.05) is 0 Å². The Kier molecular flexibility index (Phi) is 5.07. The van der Waals surface area contributed by atoms with Crippen molar-refractivity contribution in [2.45, 2.75) is 36.1 Å². The first-order valence-corrected chi connectivity index (χ1v) is 9.93. The van der Waals surface area contributed by atoms with Gasteiger partial charge in [-0.1, -0.05) is 18.9 Å². The van der Waals surface area contributed by atoms with Crippen LogP contribution in [0.2, 0.25) is 0 Å². The van der Waals surface area contributed by atoms with Crippen LogP contribution in [0.3, 0.4) is 0 Å². The Balaban J connectivity index is 2.00. The fourth-order valence-corrected chi connectivity index (χ4v) is 4.90. The number of aliphatic hydroxyl groups is 1. The van der Waals surface area contributed by atoms with Crippen LogP contribution < -0.4 is 14.9 Å². The summed E-state index contributed by atoms with van der Waals surface area (Å²) in [4.78, 5) is 4.12. The van der Waals surface area contributed by atoms with Gasteiger partial charge in [0.05, 0.1) is 28.9 Å². The third-order valence-corrected chi connectivity index (χ3v) is 6.60. The molecule has 1 saturated carbocycles. The van der Waals surface area contributed by atoms with Gasteiger partial charge in [-0.3, -0.25) is 10.4 Å². The summed E-state index contributed by atoms with van der Waals surface area (Å²) in [5.74, 6) is -0.370. The lowest BCUT2D eigenvalue weighted by atomic mass is 10.0. The van der Waals surface area contributed by atoms with Crippen LogP contribution in [0.25, 0.3) is 10.8 Å². The first-order valence-electron chi connectivity index (χ1n) is 8.11. The predicted octanol–water partition coefficient (Wildman–Crippen LogP) is 1.67. The largest absolute Gasteiger partial charge is 0.394 e. The van der Waals surface area contributed by atoms with Crippen LogP contribution in [0.5, 0.6) is 0 Å². The number of pyridine rings is 1. The molecule has 1 aliphatic rings. The number of nitrogens with two attached hydrogens (primary N) is 1. The predicted molar refractivity (Wildman–Crippen MR) is 101 cm³/mol. The molecule has 8 nitrogen and oxygen atoms in total. The molecule has 0 radical (unpaired) electrons. The van der Waals surface area contributed by atoms with Crippen molar-refractivity contribution < 1.29 is 13.5 Å². The Morgan fingerprint density at radius 3 is 2.69 bits per heavy atom. The summed E-state index contributed by atoms with van der Waals surface area (Å²) in [5.41, 5.74) is 4.99. The lowest BCUT2D eigenvalue weighted by Gasteiger charge is -2.27. The van der Waals surface area contributed by atoms with E-state index in [9.17, 15) is 13.5 Å². The number of aliphatic hydroxyl groups excluding tert-OH is 1. The Morgan fingerprint density at radius 1 is 1.38 bits per heavy atom. The number of hydrogen-bond acceptors (Lipinski definition) is 5. The number of rotatable bonds is 5.